The number of amides is 1. The summed E-state index contributed by atoms with van der Waals surface area (Å²) in [5.41, 5.74) is 1.81. The molecule has 0 bridgehead atoms. The number of nitrogens with zero attached hydrogens (tertiary/aromatic N) is 2. The van der Waals surface area contributed by atoms with E-state index in [9.17, 15) is 13.2 Å². The fraction of sp³-hybridized carbons (Fsp3) is 0.409. The van der Waals surface area contributed by atoms with Crippen molar-refractivity contribution in [3.63, 3.8) is 0 Å². The Hall–Kier alpha value is -2.54. The number of hydrogen-bond donors (Lipinski definition) is 0. The van der Waals surface area contributed by atoms with Gasteiger partial charge in [-0.1, -0.05) is 18.2 Å². The van der Waals surface area contributed by atoms with Gasteiger partial charge in [0.1, 0.15) is 5.75 Å². The van der Waals surface area contributed by atoms with Crippen LogP contribution < -0.4 is 9.04 Å². The Morgan fingerprint density at radius 2 is 1.62 bits per heavy atom. The summed E-state index contributed by atoms with van der Waals surface area (Å²) in [6, 6.07) is 14.0. The molecule has 0 radical (unpaired) electrons. The van der Waals surface area contributed by atoms with E-state index in [1.807, 2.05) is 29.2 Å². The zero-order chi connectivity index (χ0) is 20.3. The number of fused-ring (bicyclic) bond motifs is 1. The first kappa shape index (κ1) is 19.8. The van der Waals surface area contributed by atoms with Crippen LogP contribution in [0.5, 0.6) is 5.75 Å². The van der Waals surface area contributed by atoms with E-state index in [4.69, 9.17) is 4.74 Å². The second-order valence-corrected chi connectivity index (χ2v) is 9.37. The molecule has 2 aliphatic rings. The lowest BCUT2D eigenvalue weighted by Gasteiger charge is -2.30. The molecule has 154 valence electrons. The van der Waals surface area contributed by atoms with Crippen LogP contribution in [0.3, 0.4) is 0 Å². The summed E-state index contributed by atoms with van der Waals surface area (Å²) < 4.78 is 33.4. The molecule has 1 fully saturated rings. The lowest BCUT2D eigenvalue weighted by Crippen LogP contribution is -2.38. The molecule has 2 aromatic carbocycles. The molecule has 0 saturated carbocycles. The summed E-state index contributed by atoms with van der Waals surface area (Å²) in [6.07, 6.45) is 4.94. The first-order valence-electron chi connectivity index (χ1n) is 10.2. The van der Waals surface area contributed by atoms with Gasteiger partial charge in [0.2, 0.25) is 0 Å². The highest BCUT2D eigenvalue weighted by Crippen LogP contribution is 2.32. The Bertz CT molecular complexity index is 967. The summed E-state index contributed by atoms with van der Waals surface area (Å²) in [6.45, 7) is 2.03. The SMILES string of the molecule is O=C(COc1ccc(S(=O)(=O)N2CCCc3ccccc32)cc1)N1CCCCC1. The Labute approximate surface area is 172 Å². The second kappa shape index (κ2) is 8.45. The van der Waals surface area contributed by atoms with Gasteiger partial charge in [0.25, 0.3) is 15.9 Å². The van der Waals surface area contributed by atoms with E-state index >= 15 is 0 Å². The molecule has 0 aromatic heterocycles. The molecule has 2 aromatic rings. The third kappa shape index (κ3) is 4.24. The number of sulfonamides is 1. The van der Waals surface area contributed by atoms with Crippen molar-refractivity contribution >= 4 is 21.6 Å². The molecule has 1 saturated heterocycles. The molecule has 2 heterocycles. The van der Waals surface area contributed by atoms with Crippen molar-refractivity contribution in [1.29, 1.82) is 0 Å². The van der Waals surface area contributed by atoms with Crippen molar-refractivity contribution in [3.05, 3.63) is 54.1 Å². The van der Waals surface area contributed by atoms with Crippen LogP contribution in [0, 0.1) is 0 Å². The van der Waals surface area contributed by atoms with Crippen molar-refractivity contribution < 1.29 is 17.9 Å². The highest BCUT2D eigenvalue weighted by molar-refractivity contribution is 7.92. The van der Waals surface area contributed by atoms with Gasteiger partial charge in [0.05, 0.1) is 10.6 Å². The molecule has 7 heteroatoms. The van der Waals surface area contributed by atoms with Crippen LogP contribution in [-0.2, 0) is 21.2 Å². The molecule has 0 aliphatic carbocycles. The Morgan fingerprint density at radius 1 is 0.897 bits per heavy atom. The number of anilines is 1. The van der Waals surface area contributed by atoms with Crippen LogP contribution in [0.2, 0.25) is 0 Å². The number of aryl methyl sites for hydroxylation is 1. The first-order chi connectivity index (χ1) is 14.1. The van der Waals surface area contributed by atoms with Crippen molar-refractivity contribution in [2.24, 2.45) is 0 Å². The molecule has 0 atom stereocenters. The maximum atomic E-state index is 13.2. The van der Waals surface area contributed by atoms with E-state index < -0.39 is 10.0 Å². The number of hydrogen-bond acceptors (Lipinski definition) is 4. The quantitative estimate of drug-likeness (QED) is 0.753. The first-order valence-corrected chi connectivity index (χ1v) is 11.6. The third-order valence-electron chi connectivity index (χ3n) is 5.55. The van der Waals surface area contributed by atoms with Crippen LogP contribution in [-0.4, -0.2) is 45.5 Å². The van der Waals surface area contributed by atoms with E-state index in [2.05, 4.69) is 0 Å². The van der Waals surface area contributed by atoms with Gasteiger partial charge in [0, 0.05) is 19.6 Å². The Balaban J connectivity index is 1.44. The summed E-state index contributed by atoms with van der Waals surface area (Å²) in [4.78, 5) is 14.3. The number of benzene rings is 2. The smallest absolute Gasteiger partial charge is 0.264 e. The van der Waals surface area contributed by atoms with Crippen molar-refractivity contribution in [2.75, 3.05) is 30.5 Å². The van der Waals surface area contributed by atoms with E-state index in [1.165, 1.54) is 10.7 Å². The molecule has 0 spiro atoms. The zero-order valence-electron chi connectivity index (χ0n) is 16.4. The number of rotatable bonds is 5. The normalized spacial score (nSPS) is 17.0. The number of para-hydroxylation sites is 1. The molecule has 1 amide bonds. The van der Waals surface area contributed by atoms with Gasteiger partial charge in [-0.25, -0.2) is 8.42 Å². The van der Waals surface area contributed by atoms with Gasteiger partial charge >= 0.3 is 0 Å². The number of carbonyl (C=O) groups excluding carboxylic acids is 1. The average Bonchev–Trinajstić information content (AvgIpc) is 2.78. The molecule has 0 N–H and O–H groups in total. The van der Waals surface area contributed by atoms with Gasteiger partial charge < -0.3 is 9.64 Å². The van der Waals surface area contributed by atoms with Crippen LogP contribution in [0.4, 0.5) is 5.69 Å². The van der Waals surface area contributed by atoms with Crippen LogP contribution >= 0.6 is 0 Å². The third-order valence-corrected chi connectivity index (χ3v) is 7.38. The van der Waals surface area contributed by atoms with Crippen molar-refractivity contribution in [2.45, 2.75) is 37.0 Å². The number of likely N-dealkylation sites (tertiary alicyclic amines) is 1. The standard InChI is InChI=1S/C22H26N2O4S/c25-22(23-14-4-1-5-15-23)17-28-19-10-12-20(13-11-19)29(26,27)24-16-6-8-18-7-2-3-9-21(18)24/h2-3,7,9-13H,1,4-6,8,14-17H2. The largest absolute Gasteiger partial charge is 0.484 e. The fourth-order valence-electron chi connectivity index (χ4n) is 3.96. The topological polar surface area (TPSA) is 66.9 Å². The Kier molecular flexibility index (Phi) is 5.76. The minimum Gasteiger partial charge on any atom is -0.484 e. The number of piperidine rings is 1. The van der Waals surface area contributed by atoms with Crippen LogP contribution in [0.25, 0.3) is 0 Å². The number of carbonyl (C=O) groups is 1. The highest BCUT2D eigenvalue weighted by Gasteiger charge is 2.28. The fourth-order valence-corrected chi connectivity index (χ4v) is 5.50. The Morgan fingerprint density at radius 3 is 2.38 bits per heavy atom. The molecule has 0 unspecified atom stereocenters. The van der Waals surface area contributed by atoms with Gasteiger partial charge in [-0.05, 0) is 68.0 Å². The van der Waals surface area contributed by atoms with Crippen LogP contribution in [0.15, 0.2) is 53.4 Å². The maximum Gasteiger partial charge on any atom is 0.264 e. The summed E-state index contributed by atoms with van der Waals surface area (Å²) in [5, 5.41) is 0. The lowest BCUT2D eigenvalue weighted by molar-refractivity contribution is -0.134. The summed E-state index contributed by atoms with van der Waals surface area (Å²) >= 11 is 0. The second-order valence-electron chi connectivity index (χ2n) is 7.51. The van der Waals surface area contributed by atoms with Gasteiger partial charge in [-0.3, -0.25) is 9.10 Å². The van der Waals surface area contributed by atoms with E-state index in [-0.39, 0.29) is 17.4 Å². The van der Waals surface area contributed by atoms with E-state index in [0.29, 0.717) is 12.3 Å². The predicted octanol–water partition coefficient (Wildman–Crippen LogP) is 3.22. The minimum absolute atomic E-state index is 0.0219. The molecule has 6 nitrogen and oxygen atoms in total. The molecule has 2 aliphatic heterocycles. The van der Waals surface area contributed by atoms with E-state index in [0.717, 1.165) is 50.0 Å². The van der Waals surface area contributed by atoms with Crippen molar-refractivity contribution in [1.82, 2.24) is 4.90 Å². The maximum absolute atomic E-state index is 13.2. The predicted molar refractivity (Wildman–Crippen MR) is 112 cm³/mol. The van der Waals surface area contributed by atoms with E-state index in [1.54, 1.807) is 24.3 Å². The van der Waals surface area contributed by atoms with Gasteiger partial charge in [-0.2, -0.15) is 0 Å². The molecule has 29 heavy (non-hydrogen) atoms. The lowest BCUT2D eigenvalue weighted by atomic mass is 10.0. The van der Waals surface area contributed by atoms with Gasteiger partial charge in [0.15, 0.2) is 6.61 Å². The minimum atomic E-state index is -3.64. The zero-order valence-corrected chi connectivity index (χ0v) is 17.2. The summed E-state index contributed by atoms with van der Waals surface area (Å²) in [5.74, 6) is 0.472. The van der Waals surface area contributed by atoms with Crippen molar-refractivity contribution in [3.8, 4) is 5.75 Å². The molecule has 4 rings (SSSR count). The monoisotopic (exact) mass is 414 g/mol. The van der Waals surface area contributed by atoms with Gasteiger partial charge in [-0.15, -0.1) is 0 Å². The average molecular weight is 415 g/mol. The van der Waals surface area contributed by atoms with Crippen LogP contribution in [0.1, 0.15) is 31.2 Å². The summed E-state index contributed by atoms with van der Waals surface area (Å²) in [7, 11) is -3.64. The molecular weight excluding hydrogens is 388 g/mol. The molecular formula is C22H26N2O4S. The highest BCUT2D eigenvalue weighted by atomic mass is 32.2. The number of ether oxygens (including phenoxy) is 1.